The second-order valence-corrected chi connectivity index (χ2v) is 10.3. The first kappa shape index (κ1) is 25.2. The summed E-state index contributed by atoms with van der Waals surface area (Å²) in [6.45, 7) is 11.9. The zero-order chi connectivity index (χ0) is 25.0. The molecule has 0 spiro atoms. The van der Waals surface area contributed by atoms with Gasteiger partial charge in [-0.15, -0.1) is 0 Å². The average Bonchev–Trinajstić information content (AvgIpc) is 2.83. The molecule has 2 aromatic heterocycles. The van der Waals surface area contributed by atoms with Gasteiger partial charge in [0.2, 0.25) is 0 Å². The molecule has 0 saturated carbocycles. The van der Waals surface area contributed by atoms with Crippen molar-refractivity contribution in [2.24, 2.45) is 5.41 Å². The fourth-order valence-electron chi connectivity index (χ4n) is 4.56. The van der Waals surface area contributed by atoms with Gasteiger partial charge in [0.25, 0.3) is 0 Å². The van der Waals surface area contributed by atoms with Crippen LogP contribution in [0.5, 0.6) is 5.75 Å². The highest BCUT2D eigenvalue weighted by Crippen LogP contribution is 2.39. The van der Waals surface area contributed by atoms with Crippen molar-refractivity contribution in [3.05, 3.63) is 64.8 Å². The van der Waals surface area contributed by atoms with Crippen LogP contribution in [0.3, 0.4) is 0 Å². The lowest BCUT2D eigenvalue weighted by Crippen LogP contribution is -2.38. The first-order chi connectivity index (χ1) is 16.8. The van der Waals surface area contributed by atoms with Crippen LogP contribution in [-0.4, -0.2) is 36.2 Å². The molecule has 3 heterocycles. The molecule has 1 N–H and O–H groups in total. The third kappa shape index (κ3) is 6.04. The maximum Gasteiger partial charge on any atom is 0.166 e. The Labute approximate surface area is 212 Å². The van der Waals surface area contributed by atoms with Crippen molar-refractivity contribution in [3.8, 4) is 16.9 Å². The summed E-state index contributed by atoms with van der Waals surface area (Å²) in [5.74, 6) is 0.462. The zero-order valence-electron chi connectivity index (χ0n) is 21.0. The van der Waals surface area contributed by atoms with E-state index < -0.39 is 5.82 Å². The number of benzene rings is 1. The van der Waals surface area contributed by atoms with E-state index >= 15 is 0 Å². The van der Waals surface area contributed by atoms with Crippen molar-refractivity contribution < 1.29 is 9.13 Å². The number of pyridine rings is 2. The number of ether oxygens (including phenoxy) is 1. The van der Waals surface area contributed by atoms with E-state index in [2.05, 4.69) is 49.0 Å². The molecule has 0 atom stereocenters. The molecule has 0 aliphatic carbocycles. The van der Waals surface area contributed by atoms with E-state index in [0.29, 0.717) is 23.6 Å². The highest BCUT2D eigenvalue weighted by atomic mass is 35.5. The van der Waals surface area contributed by atoms with Crippen LogP contribution in [0.4, 0.5) is 15.9 Å². The predicted octanol–water partition coefficient (Wildman–Crippen LogP) is 6.92. The van der Waals surface area contributed by atoms with Gasteiger partial charge in [0.15, 0.2) is 11.6 Å². The number of nitrogens with one attached hydrogen (secondary N) is 1. The first-order valence-electron chi connectivity index (χ1n) is 12.3. The molecule has 0 radical (unpaired) electrons. The van der Waals surface area contributed by atoms with Crippen molar-refractivity contribution in [2.45, 2.75) is 47.0 Å². The van der Waals surface area contributed by atoms with Gasteiger partial charge in [-0.1, -0.05) is 32.4 Å². The fourth-order valence-corrected chi connectivity index (χ4v) is 4.71. The second-order valence-electron chi connectivity index (χ2n) is 9.87. The van der Waals surface area contributed by atoms with Crippen LogP contribution in [0.1, 0.15) is 44.9 Å². The Balaban J connectivity index is 1.45. The summed E-state index contributed by atoms with van der Waals surface area (Å²) >= 11 is 5.78. The Kier molecular flexibility index (Phi) is 7.80. The highest BCUT2D eigenvalue weighted by molar-refractivity contribution is 6.30. The molecule has 4 rings (SSSR count). The van der Waals surface area contributed by atoms with E-state index in [1.165, 1.54) is 36.2 Å². The van der Waals surface area contributed by atoms with E-state index in [1.54, 1.807) is 6.07 Å². The van der Waals surface area contributed by atoms with Gasteiger partial charge < -0.3 is 15.0 Å². The zero-order valence-corrected chi connectivity index (χ0v) is 21.8. The van der Waals surface area contributed by atoms with Gasteiger partial charge in [-0.2, -0.15) is 0 Å². The number of nitrogens with zero attached hydrogens (tertiary/aromatic N) is 3. The third-order valence-corrected chi connectivity index (χ3v) is 7.02. The standard InChI is InChI=1S/C28H34ClFN4O/c1-5-22-19(2)32-18-23(27(22)34-13-10-28(3,4)11-14-34)20-6-9-26(33-17-20)31-12-15-35-25-8-7-21(29)16-24(25)30/h6-9,16-18H,5,10-15H2,1-4H3,(H,31,33). The van der Waals surface area contributed by atoms with E-state index in [-0.39, 0.29) is 5.75 Å². The number of aromatic nitrogens is 2. The van der Waals surface area contributed by atoms with Crippen LogP contribution < -0.4 is 15.0 Å². The number of hydrogen-bond donors (Lipinski definition) is 1. The van der Waals surface area contributed by atoms with Crippen LogP contribution in [-0.2, 0) is 6.42 Å². The van der Waals surface area contributed by atoms with Crippen molar-refractivity contribution in [1.82, 2.24) is 9.97 Å². The number of rotatable bonds is 8. The fraction of sp³-hybridized carbons (Fsp3) is 0.429. The largest absolute Gasteiger partial charge is 0.489 e. The third-order valence-electron chi connectivity index (χ3n) is 6.79. The van der Waals surface area contributed by atoms with Gasteiger partial charge in [-0.05, 0) is 67.5 Å². The molecule has 186 valence electrons. The molecule has 35 heavy (non-hydrogen) atoms. The Bertz CT molecular complexity index is 1160. The average molecular weight is 497 g/mol. The van der Waals surface area contributed by atoms with Gasteiger partial charge in [0.1, 0.15) is 12.4 Å². The van der Waals surface area contributed by atoms with E-state index in [0.717, 1.165) is 42.1 Å². The molecule has 3 aromatic rings. The van der Waals surface area contributed by atoms with Crippen molar-refractivity contribution in [1.29, 1.82) is 0 Å². The van der Waals surface area contributed by atoms with Crippen molar-refractivity contribution >= 4 is 23.1 Å². The molecule has 5 nitrogen and oxygen atoms in total. The van der Waals surface area contributed by atoms with Gasteiger partial charge in [0, 0.05) is 47.3 Å². The normalized spacial score (nSPS) is 15.2. The molecule has 1 fully saturated rings. The van der Waals surface area contributed by atoms with Crippen LogP contribution in [0.2, 0.25) is 5.02 Å². The van der Waals surface area contributed by atoms with Crippen LogP contribution in [0.25, 0.3) is 11.1 Å². The SMILES string of the molecule is CCc1c(C)ncc(-c2ccc(NCCOc3ccc(Cl)cc3F)nc2)c1N1CCC(C)(C)CC1. The molecule has 0 amide bonds. The summed E-state index contributed by atoms with van der Waals surface area (Å²) in [7, 11) is 0. The number of hydrogen-bond acceptors (Lipinski definition) is 5. The van der Waals surface area contributed by atoms with Gasteiger partial charge in [-0.25, -0.2) is 9.37 Å². The molecule has 1 aliphatic rings. The molecule has 0 unspecified atom stereocenters. The molecule has 1 aromatic carbocycles. The van der Waals surface area contributed by atoms with Gasteiger partial charge in [-0.3, -0.25) is 4.98 Å². The second kappa shape index (κ2) is 10.8. The van der Waals surface area contributed by atoms with Crippen LogP contribution in [0, 0.1) is 18.2 Å². The number of piperidine rings is 1. The number of anilines is 2. The quantitative estimate of drug-likeness (QED) is 0.343. The lowest BCUT2D eigenvalue weighted by Gasteiger charge is -2.40. The van der Waals surface area contributed by atoms with Crippen molar-refractivity contribution in [2.75, 3.05) is 36.5 Å². The minimum absolute atomic E-state index is 0.187. The summed E-state index contributed by atoms with van der Waals surface area (Å²) in [4.78, 5) is 11.9. The minimum Gasteiger partial charge on any atom is -0.489 e. The summed E-state index contributed by atoms with van der Waals surface area (Å²) in [5.41, 5.74) is 6.29. The summed E-state index contributed by atoms with van der Waals surface area (Å²) < 4.78 is 19.3. The van der Waals surface area contributed by atoms with Crippen molar-refractivity contribution in [3.63, 3.8) is 0 Å². The van der Waals surface area contributed by atoms with E-state index in [1.807, 2.05) is 18.5 Å². The summed E-state index contributed by atoms with van der Waals surface area (Å²) in [5, 5.41) is 3.58. The topological polar surface area (TPSA) is 50.3 Å². The van der Waals surface area contributed by atoms with Gasteiger partial charge in [0.05, 0.1) is 12.2 Å². The molecular weight excluding hydrogens is 463 g/mol. The lowest BCUT2D eigenvalue weighted by atomic mass is 9.82. The summed E-state index contributed by atoms with van der Waals surface area (Å²) in [6, 6.07) is 8.43. The Morgan fingerprint density at radius 2 is 1.89 bits per heavy atom. The van der Waals surface area contributed by atoms with E-state index in [4.69, 9.17) is 21.3 Å². The Hall–Kier alpha value is -2.86. The van der Waals surface area contributed by atoms with E-state index in [9.17, 15) is 4.39 Å². The molecule has 7 heteroatoms. The number of aryl methyl sites for hydroxylation is 1. The molecule has 1 saturated heterocycles. The number of halogens is 2. The Morgan fingerprint density at radius 1 is 1.11 bits per heavy atom. The monoisotopic (exact) mass is 496 g/mol. The van der Waals surface area contributed by atoms with Gasteiger partial charge >= 0.3 is 0 Å². The van der Waals surface area contributed by atoms with Crippen LogP contribution >= 0.6 is 11.6 Å². The van der Waals surface area contributed by atoms with Crippen LogP contribution in [0.15, 0.2) is 42.7 Å². The minimum atomic E-state index is -0.466. The summed E-state index contributed by atoms with van der Waals surface area (Å²) in [6.07, 6.45) is 7.19. The molecular formula is C28H34ClFN4O. The lowest BCUT2D eigenvalue weighted by molar-refractivity contribution is 0.279. The molecule has 1 aliphatic heterocycles. The first-order valence-corrected chi connectivity index (χ1v) is 12.7. The Morgan fingerprint density at radius 3 is 2.54 bits per heavy atom. The highest BCUT2D eigenvalue weighted by Gasteiger charge is 2.28. The smallest absolute Gasteiger partial charge is 0.166 e. The maximum absolute atomic E-state index is 13.8. The maximum atomic E-state index is 13.8. The molecule has 0 bridgehead atoms. The predicted molar refractivity (Wildman–Crippen MR) is 142 cm³/mol.